The van der Waals surface area contributed by atoms with Crippen molar-refractivity contribution < 1.29 is 27.4 Å². The second kappa shape index (κ2) is 10.0. The number of thiocarbonyl (C=S) groups is 1. The summed E-state index contributed by atoms with van der Waals surface area (Å²) in [5.74, 6) is 4.21. The maximum absolute atomic E-state index is 15.7. The number of aromatic nitrogens is 2. The van der Waals surface area contributed by atoms with Gasteiger partial charge in [-0.25, -0.2) is 25.5 Å². The van der Waals surface area contributed by atoms with E-state index >= 15 is 8.78 Å². The molecule has 0 aliphatic carbocycles. The molecule has 0 fully saturated rings. The van der Waals surface area contributed by atoms with Crippen LogP contribution in [0.4, 0.5) is 17.6 Å². The number of pyridine rings is 2. The lowest BCUT2D eigenvalue weighted by molar-refractivity contribution is -0.204. The molecule has 0 saturated carbocycles. The van der Waals surface area contributed by atoms with E-state index in [1.54, 1.807) is 0 Å². The van der Waals surface area contributed by atoms with E-state index in [-0.39, 0.29) is 11.6 Å². The summed E-state index contributed by atoms with van der Waals surface area (Å²) in [6, 6.07) is 6.69. The molecule has 1 unspecified atom stereocenters. The molecule has 0 spiro atoms. The van der Waals surface area contributed by atoms with Gasteiger partial charge in [0.15, 0.2) is 10.7 Å². The maximum atomic E-state index is 15.7. The zero-order valence-electron chi connectivity index (χ0n) is 17.1. The number of hydrogen-bond donors (Lipinski definition) is 4. The number of aliphatic hydroxyl groups is 1. The molecule has 180 valence electrons. The fourth-order valence-electron chi connectivity index (χ4n) is 2.96. The Morgan fingerprint density at radius 1 is 1.15 bits per heavy atom. The van der Waals surface area contributed by atoms with Crippen molar-refractivity contribution in [3.8, 4) is 11.6 Å². The number of rotatable bonds is 7. The minimum absolute atomic E-state index is 0.0415. The molecule has 6 N–H and O–H groups in total. The number of alkyl halides is 2. The predicted molar refractivity (Wildman–Crippen MR) is 119 cm³/mol. The third-order valence-corrected chi connectivity index (χ3v) is 5.24. The second-order valence-electron chi connectivity index (χ2n) is 6.93. The number of hydrogen-bond acceptors (Lipinski definition) is 7. The Morgan fingerprint density at radius 3 is 2.44 bits per heavy atom. The lowest BCUT2D eigenvalue weighted by Crippen LogP contribution is -2.58. The van der Waals surface area contributed by atoms with Crippen LogP contribution in [0.1, 0.15) is 11.3 Å². The summed E-state index contributed by atoms with van der Waals surface area (Å²) in [4.78, 5) is 7.56. The van der Waals surface area contributed by atoms with E-state index in [1.165, 1.54) is 18.3 Å². The first-order valence-corrected chi connectivity index (χ1v) is 10.1. The van der Waals surface area contributed by atoms with Gasteiger partial charge in [0.25, 0.3) is 0 Å². The summed E-state index contributed by atoms with van der Waals surface area (Å²) in [6.45, 7) is -1.14. The molecule has 14 heteroatoms. The number of hydrazine groups is 2. The molecule has 1 aromatic carbocycles. The Balaban J connectivity index is 2.00. The highest BCUT2D eigenvalue weighted by atomic mass is 35.5. The number of halogens is 5. The predicted octanol–water partition coefficient (Wildman–Crippen LogP) is 3.10. The monoisotopic (exact) mass is 516 g/mol. The Hall–Kier alpha value is -3.10. The summed E-state index contributed by atoms with van der Waals surface area (Å²) in [5, 5.41) is 11.5. The minimum atomic E-state index is -4.26. The molecule has 8 nitrogen and oxygen atoms in total. The van der Waals surface area contributed by atoms with Crippen LogP contribution < -0.4 is 21.8 Å². The van der Waals surface area contributed by atoms with Gasteiger partial charge in [-0.3, -0.25) is 15.4 Å². The molecule has 0 radical (unpaired) electrons. The fraction of sp³-hybridized carbons (Fsp3) is 0.150. The SMILES string of the molecule is NNC(=S)N(N)CC(O)(c1ccc(F)cc1F)C(F)(F)c1ccc(Oc2ccc(Cl)cn2)cn1. The van der Waals surface area contributed by atoms with Crippen LogP contribution in [0.5, 0.6) is 11.6 Å². The minimum Gasteiger partial charge on any atom is -0.437 e. The quantitative estimate of drug-likeness (QED) is 0.162. The fourth-order valence-corrected chi connectivity index (χ4v) is 3.14. The summed E-state index contributed by atoms with van der Waals surface area (Å²) < 4.78 is 64.7. The molecule has 0 aliphatic heterocycles. The summed E-state index contributed by atoms with van der Waals surface area (Å²) in [5.41, 5.74) is -3.30. The van der Waals surface area contributed by atoms with E-state index in [4.69, 9.17) is 40.2 Å². The lowest BCUT2D eigenvalue weighted by atomic mass is 9.84. The normalized spacial score (nSPS) is 13.2. The van der Waals surface area contributed by atoms with E-state index in [0.29, 0.717) is 28.2 Å². The number of nitrogens with zero attached hydrogens (tertiary/aromatic N) is 3. The number of benzene rings is 1. The van der Waals surface area contributed by atoms with Crippen molar-refractivity contribution in [2.75, 3.05) is 6.54 Å². The van der Waals surface area contributed by atoms with Crippen molar-refractivity contribution in [1.29, 1.82) is 0 Å². The summed E-state index contributed by atoms with van der Waals surface area (Å²) >= 11 is 10.5. The van der Waals surface area contributed by atoms with Crippen LogP contribution >= 0.6 is 23.8 Å². The van der Waals surface area contributed by atoms with E-state index in [0.717, 1.165) is 18.3 Å². The molecule has 3 aromatic rings. The van der Waals surface area contributed by atoms with Crippen LogP contribution in [0.15, 0.2) is 54.9 Å². The molecule has 2 aromatic heterocycles. The summed E-state index contributed by atoms with van der Waals surface area (Å²) in [6.07, 6.45) is 2.27. The highest BCUT2D eigenvalue weighted by molar-refractivity contribution is 7.80. The van der Waals surface area contributed by atoms with Crippen molar-refractivity contribution in [2.45, 2.75) is 11.5 Å². The van der Waals surface area contributed by atoms with Gasteiger partial charge in [0.1, 0.15) is 23.1 Å². The van der Waals surface area contributed by atoms with Crippen LogP contribution in [0.2, 0.25) is 5.02 Å². The van der Waals surface area contributed by atoms with Crippen LogP contribution in [-0.4, -0.2) is 31.7 Å². The van der Waals surface area contributed by atoms with Crippen LogP contribution in [0.3, 0.4) is 0 Å². The molecule has 3 rings (SSSR count). The number of ether oxygens (including phenoxy) is 1. The van der Waals surface area contributed by atoms with Crippen molar-refractivity contribution >= 4 is 28.9 Å². The molecule has 1 atom stereocenters. The topological polar surface area (TPSA) is 123 Å². The zero-order chi connectivity index (χ0) is 25.1. The van der Waals surface area contributed by atoms with Crippen molar-refractivity contribution in [3.05, 3.63) is 82.8 Å². The molecule has 0 amide bonds. The van der Waals surface area contributed by atoms with Crippen LogP contribution in [0, 0.1) is 11.6 Å². The first-order valence-electron chi connectivity index (χ1n) is 9.32. The average Bonchev–Trinajstić information content (AvgIpc) is 2.80. The number of nitrogens with one attached hydrogen (secondary N) is 1. The smallest absolute Gasteiger partial charge is 0.323 e. The zero-order valence-corrected chi connectivity index (χ0v) is 18.6. The molecule has 0 aliphatic rings. The van der Waals surface area contributed by atoms with Gasteiger partial charge in [0.2, 0.25) is 5.88 Å². The van der Waals surface area contributed by atoms with Gasteiger partial charge in [-0.2, -0.15) is 8.78 Å². The molecule has 34 heavy (non-hydrogen) atoms. The molecule has 2 heterocycles. The largest absolute Gasteiger partial charge is 0.437 e. The van der Waals surface area contributed by atoms with Gasteiger partial charge in [0.05, 0.1) is 17.8 Å². The molecule has 0 saturated heterocycles. The number of nitrogens with two attached hydrogens (primary N) is 2. The summed E-state index contributed by atoms with van der Waals surface area (Å²) in [7, 11) is 0. The highest BCUT2D eigenvalue weighted by Gasteiger charge is 2.58. The van der Waals surface area contributed by atoms with Gasteiger partial charge in [-0.1, -0.05) is 11.6 Å². The van der Waals surface area contributed by atoms with Gasteiger partial charge in [-0.05, 0) is 42.5 Å². The Morgan fingerprint density at radius 2 is 1.88 bits per heavy atom. The third-order valence-electron chi connectivity index (χ3n) is 4.66. The highest BCUT2D eigenvalue weighted by Crippen LogP contribution is 2.46. The van der Waals surface area contributed by atoms with Crippen molar-refractivity contribution in [1.82, 2.24) is 20.4 Å². The standard InChI is InChI=1S/C20H17ClF4N6O2S/c21-11-1-6-17(29-8-11)33-13-3-5-16(28-9-13)20(24,25)19(32,10-31(27)18(34)30-26)14-4-2-12(22)7-15(14)23/h1-9,32H,10,26-27H2,(H,30,34). The first-order chi connectivity index (χ1) is 16.0. The third kappa shape index (κ3) is 5.18. The Labute approximate surface area is 201 Å². The van der Waals surface area contributed by atoms with Crippen LogP contribution in [-0.2, 0) is 11.5 Å². The van der Waals surface area contributed by atoms with Gasteiger partial charge in [-0.15, -0.1) is 0 Å². The molecular formula is C20H17ClF4N6O2S. The lowest BCUT2D eigenvalue weighted by Gasteiger charge is -2.38. The second-order valence-corrected chi connectivity index (χ2v) is 7.76. The van der Waals surface area contributed by atoms with Gasteiger partial charge < -0.3 is 9.84 Å². The van der Waals surface area contributed by atoms with Crippen molar-refractivity contribution in [2.24, 2.45) is 11.7 Å². The Bertz CT molecular complexity index is 1170. The molecule has 0 bridgehead atoms. The average molecular weight is 517 g/mol. The van der Waals surface area contributed by atoms with Gasteiger partial charge >= 0.3 is 5.92 Å². The Kier molecular flexibility index (Phi) is 7.53. The van der Waals surface area contributed by atoms with E-state index in [2.05, 4.69) is 9.97 Å². The van der Waals surface area contributed by atoms with Crippen LogP contribution in [0.25, 0.3) is 0 Å². The van der Waals surface area contributed by atoms with E-state index < -0.39 is 46.1 Å². The van der Waals surface area contributed by atoms with Crippen molar-refractivity contribution in [3.63, 3.8) is 0 Å². The first kappa shape index (κ1) is 25.5. The van der Waals surface area contributed by atoms with E-state index in [9.17, 15) is 13.9 Å². The van der Waals surface area contributed by atoms with Gasteiger partial charge in [0, 0.05) is 23.9 Å². The molecular weight excluding hydrogens is 500 g/mol. The van der Waals surface area contributed by atoms with E-state index in [1.807, 2.05) is 5.43 Å². The maximum Gasteiger partial charge on any atom is 0.323 e.